The second-order valence-electron chi connectivity index (χ2n) is 6.49. The molecule has 21 heavy (non-hydrogen) atoms. The van der Waals surface area contributed by atoms with Gasteiger partial charge >= 0.3 is 6.09 Å². The number of pyridine rings is 1. The van der Waals surface area contributed by atoms with Gasteiger partial charge in [-0.2, -0.15) is 0 Å². The fraction of sp³-hybridized carbons (Fsp3) is 0.625. The number of rotatable bonds is 2. The van der Waals surface area contributed by atoms with E-state index in [0.29, 0.717) is 6.54 Å². The molecular formula is C16H23BrN2O2. The highest BCUT2D eigenvalue weighted by molar-refractivity contribution is 9.10. The lowest BCUT2D eigenvalue weighted by molar-refractivity contribution is 0.0181. The molecule has 1 atom stereocenters. The largest absolute Gasteiger partial charge is 0.444 e. The Balaban J connectivity index is 2.14. The number of aryl methyl sites for hydroxylation is 1. The molecule has 0 fully saturated rings. The third-order valence-corrected chi connectivity index (χ3v) is 4.42. The second kappa shape index (κ2) is 5.95. The van der Waals surface area contributed by atoms with Gasteiger partial charge in [0.2, 0.25) is 0 Å². The highest BCUT2D eigenvalue weighted by atomic mass is 79.9. The molecule has 0 N–H and O–H groups in total. The Morgan fingerprint density at radius 3 is 2.71 bits per heavy atom. The van der Waals surface area contributed by atoms with E-state index in [0.717, 1.165) is 28.7 Å². The number of nitrogens with zero attached hydrogens (tertiary/aromatic N) is 2. The van der Waals surface area contributed by atoms with E-state index >= 15 is 0 Å². The van der Waals surface area contributed by atoms with Crippen molar-refractivity contribution in [2.45, 2.75) is 59.1 Å². The predicted octanol–water partition coefficient (Wildman–Crippen LogP) is 3.88. The van der Waals surface area contributed by atoms with Crippen LogP contribution in [0.5, 0.6) is 0 Å². The van der Waals surface area contributed by atoms with Gasteiger partial charge in [0.25, 0.3) is 0 Å². The van der Waals surface area contributed by atoms with Gasteiger partial charge < -0.3 is 9.64 Å². The molecule has 0 aromatic carbocycles. The minimum Gasteiger partial charge on any atom is -0.444 e. The van der Waals surface area contributed by atoms with Gasteiger partial charge in [0, 0.05) is 29.2 Å². The third kappa shape index (κ3) is 3.76. The van der Waals surface area contributed by atoms with Gasteiger partial charge in [-0.25, -0.2) is 4.79 Å². The van der Waals surface area contributed by atoms with Crippen LogP contribution in [0.3, 0.4) is 0 Å². The molecule has 1 aliphatic carbocycles. The van der Waals surface area contributed by atoms with E-state index in [-0.39, 0.29) is 12.1 Å². The monoisotopic (exact) mass is 354 g/mol. The highest BCUT2D eigenvalue weighted by Gasteiger charge is 2.32. The number of likely N-dealkylation sites (N-methyl/N-ethyl adjacent to an activating group) is 1. The van der Waals surface area contributed by atoms with Gasteiger partial charge in [-0.05, 0) is 68.6 Å². The van der Waals surface area contributed by atoms with E-state index in [2.05, 4.69) is 27.0 Å². The summed E-state index contributed by atoms with van der Waals surface area (Å²) in [6, 6.07) is 2.27. The summed E-state index contributed by atoms with van der Waals surface area (Å²) in [6.07, 6.45) is 1.41. The molecule has 1 aromatic heterocycles. The smallest absolute Gasteiger partial charge is 0.410 e. The van der Waals surface area contributed by atoms with Crippen molar-refractivity contribution in [1.29, 1.82) is 0 Å². The van der Waals surface area contributed by atoms with Gasteiger partial charge in [-0.3, -0.25) is 4.98 Å². The summed E-state index contributed by atoms with van der Waals surface area (Å²) in [6.45, 7) is 10.3. The Labute approximate surface area is 135 Å². The van der Waals surface area contributed by atoms with E-state index in [9.17, 15) is 4.79 Å². The maximum atomic E-state index is 12.3. The fourth-order valence-electron chi connectivity index (χ4n) is 2.65. The maximum Gasteiger partial charge on any atom is 0.410 e. The Bertz CT molecular complexity index is 521. The summed E-state index contributed by atoms with van der Waals surface area (Å²) in [4.78, 5) is 18.8. The zero-order valence-electron chi connectivity index (χ0n) is 13.4. The van der Waals surface area contributed by atoms with E-state index < -0.39 is 5.60 Å². The number of ether oxygens (including phenoxy) is 1. The third-order valence-electron chi connectivity index (χ3n) is 3.61. The lowest BCUT2D eigenvalue weighted by Gasteiger charge is -2.30. The molecule has 4 nitrogen and oxygen atoms in total. The summed E-state index contributed by atoms with van der Waals surface area (Å²) >= 11 is 3.52. The number of hydrogen-bond acceptors (Lipinski definition) is 3. The topological polar surface area (TPSA) is 42.4 Å². The van der Waals surface area contributed by atoms with Crippen molar-refractivity contribution in [1.82, 2.24) is 9.88 Å². The average Bonchev–Trinajstić information content (AvgIpc) is 2.70. The number of halogens is 1. The molecule has 0 bridgehead atoms. The van der Waals surface area contributed by atoms with Crippen molar-refractivity contribution < 1.29 is 9.53 Å². The van der Waals surface area contributed by atoms with E-state index in [1.807, 2.05) is 39.5 Å². The van der Waals surface area contributed by atoms with Crippen LogP contribution in [0, 0.1) is 6.92 Å². The van der Waals surface area contributed by atoms with Gasteiger partial charge in [-0.15, -0.1) is 0 Å². The van der Waals surface area contributed by atoms with Crippen molar-refractivity contribution in [2.24, 2.45) is 0 Å². The van der Waals surface area contributed by atoms with Crippen LogP contribution >= 0.6 is 15.9 Å². The summed E-state index contributed by atoms with van der Waals surface area (Å²) < 4.78 is 6.54. The zero-order valence-corrected chi connectivity index (χ0v) is 15.0. The van der Waals surface area contributed by atoms with Crippen molar-refractivity contribution in [2.75, 3.05) is 6.54 Å². The van der Waals surface area contributed by atoms with Crippen LogP contribution in [0.1, 0.15) is 44.6 Å². The fourth-order valence-corrected chi connectivity index (χ4v) is 3.01. The molecule has 0 aliphatic heterocycles. The SMILES string of the molecule is CCN(C(=O)OC(C)(C)C)C1Cc2cc(Br)c(C)nc2C1. The first-order valence-corrected chi connectivity index (χ1v) is 8.15. The summed E-state index contributed by atoms with van der Waals surface area (Å²) in [7, 11) is 0. The van der Waals surface area contributed by atoms with Crippen LogP contribution in [0.2, 0.25) is 0 Å². The number of amides is 1. The quantitative estimate of drug-likeness (QED) is 0.809. The summed E-state index contributed by atoms with van der Waals surface area (Å²) in [5, 5.41) is 0. The van der Waals surface area contributed by atoms with E-state index in [4.69, 9.17) is 4.74 Å². The molecule has 2 rings (SSSR count). The minimum absolute atomic E-state index is 0.140. The highest BCUT2D eigenvalue weighted by Crippen LogP contribution is 2.29. The number of aromatic nitrogens is 1. The average molecular weight is 355 g/mol. The molecule has 0 saturated carbocycles. The number of hydrogen-bond donors (Lipinski definition) is 0. The molecular weight excluding hydrogens is 332 g/mol. The first kappa shape index (κ1) is 16.3. The zero-order chi connectivity index (χ0) is 15.8. The van der Waals surface area contributed by atoms with Gasteiger partial charge in [0.1, 0.15) is 5.60 Å². The van der Waals surface area contributed by atoms with E-state index in [1.54, 1.807) is 0 Å². The molecule has 1 aliphatic rings. The number of fused-ring (bicyclic) bond motifs is 1. The molecule has 0 radical (unpaired) electrons. The predicted molar refractivity (Wildman–Crippen MR) is 86.5 cm³/mol. The van der Waals surface area contributed by atoms with Crippen LogP contribution < -0.4 is 0 Å². The van der Waals surface area contributed by atoms with Crippen LogP contribution in [0.4, 0.5) is 4.79 Å². The van der Waals surface area contributed by atoms with Crippen molar-refractivity contribution >= 4 is 22.0 Å². The first-order valence-electron chi connectivity index (χ1n) is 7.35. The standard InChI is InChI=1S/C16H23BrN2O2/c1-6-19(15(20)21-16(3,4)5)12-7-11-8-13(17)10(2)18-14(11)9-12/h8,12H,6-7,9H2,1-5H3. The lowest BCUT2D eigenvalue weighted by atomic mass is 10.2. The lowest BCUT2D eigenvalue weighted by Crippen LogP contribution is -2.43. The van der Waals surface area contributed by atoms with Crippen LogP contribution in [0.15, 0.2) is 10.5 Å². The molecule has 116 valence electrons. The van der Waals surface area contributed by atoms with Crippen molar-refractivity contribution in [3.8, 4) is 0 Å². The summed E-state index contributed by atoms with van der Waals surface area (Å²) in [5.41, 5.74) is 2.85. The molecule has 1 amide bonds. The molecule has 0 saturated heterocycles. The van der Waals surface area contributed by atoms with Crippen LogP contribution in [-0.4, -0.2) is 34.2 Å². The molecule has 1 aromatic rings. The van der Waals surface area contributed by atoms with Crippen LogP contribution in [0.25, 0.3) is 0 Å². The Morgan fingerprint density at radius 1 is 1.48 bits per heavy atom. The number of carbonyl (C=O) groups is 1. The molecule has 1 unspecified atom stereocenters. The van der Waals surface area contributed by atoms with Crippen molar-refractivity contribution in [3.05, 3.63) is 27.5 Å². The molecule has 1 heterocycles. The Hall–Kier alpha value is -1.10. The molecule has 0 spiro atoms. The normalized spacial score (nSPS) is 17.5. The van der Waals surface area contributed by atoms with Gasteiger partial charge in [0.15, 0.2) is 0 Å². The van der Waals surface area contributed by atoms with Gasteiger partial charge in [0.05, 0.1) is 5.69 Å². The van der Waals surface area contributed by atoms with E-state index in [1.165, 1.54) is 5.56 Å². The Morgan fingerprint density at radius 2 is 2.14 bits per heavy atom. The maximum absolute atomic E-state index is 12.3. The molecule has 5 heteroatoms. The van der Waals surface area contributed by atoms with Crippen LogP contribution in [-0.2, 0) is 17.6 Å². The first-order chi connectivity index (χ1) is 9.71. The number of carbonyl (C=O) groups excluding carboxylic acids is 1. The second-order valence-corrected chi connectivity index (χ2v) is 7.34. The minimum atomic E-state index is -0.464. The summed E-state index contributed by atoms with van der Waals surface area (Å²) in [5.74, 6) is 0. The van der Waals surface area contributed by atoms with Crippen molar-refractivity contribution in [3.63, 3.8) is 0 Å². The van der Waals surface area contributed by atoms with Gasteiger partial charge in [-0.1, -0.05) is 0 Å². The Kier molecular flexibility index (Phi) is 4.61.